The molecule has 1 aromatic heterocycles. The van der Waals surface area contributed by atoms with Gasteiger partial charge in [0.2, 0.25) is 5.91 Å². The fourth-order valence-corrected chi connectivity index (χ4v) is 4.14. The molecule has 0 aliphatic heterocycles. The number of rotatable bonds is 6. The normalized spacial score (nSPS) is 10.8. The molecular formula is C25H20FN3O4S. The maximum absolute atomic E-state index is 14.3. The molecule has 1 N–H and O–H groups in total. The first-order chi connectivity index (χ1) is 16.4. The maximum Gasteiger partial charge on any atom is 0.337 e. The lowest BCUT2D eigenvalue weighted by atomic mass is 10.2. The van der Waals surface area contributed by atoms with Crippen molar-refractivity contribution in [1.29, 1.82) is 0 Å². The van der Waals surface area contributed by atoms with Gasteiger partial charge in [-0.3, -0.25) is 14.2 Å². The quantitative estimate of drug-likeness (QED) is 0.252. The van der Waals surface area contributed by atoms with Crippen LogP contribution in [0.3, 0.4) is 0 Å². The van der Waals surface area contributed by atoms with Gasteiger partial charge in [0.1, 0.15) is 5.82 Å². The Bertz CT molecular complexity index is 1470. The van der Waals surface area contributed by atoms with Gasteiger partial charge in [-0.25, -0.2) is 14.2 Å². The number of nitrogens with zero attached hydrogens (tertiary/aromatic N) is 2. The number of esters is 1. The van der Waals surface area contributed by atoms with Crippen molar-refractivity contribution in [2.75, 3.05) is 18.2 Å². The molecule has 34 heavy (non-hydrogen) atoms. The van der Waals surface area contributed by atoms with Crippen molar-refractivity contribution < 1.29 is 18.7 Å². The number of carbonyl (C=O) groups excluding carboxylic acids is 2. The van der Waals surface area contributed by atoms with Crippen molar-refractivity contribution in [3.05, 3.63) is 94.0 Å². The number of hydrogen-bond acceptors (Lipinski definition) is 6. The highest BCUT2D eigenvalue weighted by atomic mass is 32.2. The van der Waals surface area contributed by atoms with Crippen molar-refractivity contribution in [2.45, 2.75) is 12.1 Å². The van der Waals surface area contributed by atoms with Gasteiger partial charge in [0.05, 0.1) is 35.0 Å². The predicted octanol–water partition coefficient (Wildman–Crippen LogP) is 4.35. The number of fused-ring (bicyclic) bond motifs is 1. The molecular weight excluding hydrogens is 457 g/mol. The number of methoxy groups -OCH3 is 1. The Balaban J connectivity index is 1.64. The van der Waals surface area contributed by atoms with E-state index in [2.05, 4.69) is 10.3 Å². The van der Waals surface area contributed by atoms with Gasteiger partial charge in [-0.1, -0.05) is 36.0 Å². The van der Waals surface area contributed by atoms with Crippen LogP contribution in [0, 0.1) is 12.7 Å². The van der Waals surface area contributed by atoms with E-state index in [1.54, 1.807) is 61.5 Å². The van der Waals surface area contributed by atoms with Gasteiger partial charge in [-0.15, -0.1) is 0 Å². The zero-order valence-electron chi connectivity index (χ0n) is 18.4. The fraction of sp³-hybridized carbons (Fsp3) is 0.120. The van der Waals surface area contributed by atoms with Crippen LogP contribution in [0.25, 0.3) is 16.6 Å². The summed E-state index contributed by atoms with van der Waals surface area (Å²) in [6.45, 7) is 1.63. The lowest BCUT2D eigenvalue weighted by Gasteiger charge is -2.14. The summed E-state index contributed by atoms with van der Waals surface area (Å²) < 4.78 is 20.3. The first kappa shape index (κ1) is 23.2. The van der Waals surface area contributed by atoms with Crippen LogP contribution in [0.5, 0.6) is 0 Å². The van der Waals surface area contributed by atoms with Gasteiger partial charge in [0.25, 0.3) is 5.56 Å². The van der Waals surface area contributed by atoms with Crippen molar-refractivity contribution in [3.8, 4) is 5.69 Å². The van der Waals surface area contributed by atoms with Crippen molar-refractivity contribution in [2.24, 2.45) is 0 Å². The molecule has 0 spiro atoms. The van der Waals surface area contributed by atoms with E-state index in [-0.39, 0.29) is 22.4 Å². The minimum absolute atomic E-state index is 0.0679. The highest BCUT2D eigenvalue weighted by Gasteiger charge is 2.16. The summed E-state index contributed by atoms with van der Waals surface area (Å²) in [4.78, 5) is 42.1. The summed E-state index contributed by atoms with van der Waals surface area (Å²) in [5.74, 6) is -1.39. The molecule has 0 saturated carbocycles. The van der Waals surface area contributed by atoms with Crippen molar-refractivity contribution in [1.82, 2.24) is 9.55 Å². The van der Waals surface area contributed by atoms with E-state index in [1.807, 2.05) is 0 Å². The highest BCUT2D eigenvalue weighted by Crippen LogP contribution is 2.23. The molecule has 1 heterocycles. The van der Waals surface area contributed by atoms with Crippen molar-refractivity contribution in [3.63, 3.8) is 0 Å². The smallest absolute Gasteiger partial charge is 0.337 e. The molecule has 0 saturated heterocycles. The van der Waals surface area contributed by atoms with E-state index in [1.165, 1.54) is 23.8 Å². The van der Waals surface area contributed by atoms with E-state index in [4.69, 9.17) is 4.74 Å². The lowest BCUT2D eigenvalue weighted by Crippen LogP contribution is -2.23. The molecule has 9 heteroatoms. The highest BCUT2D eigenvalue weighted by molar-refractivity contribution is 7.99. The number of halogens is 1. The monoisotopic (exact) mass is 477 g/mol. The molecule has 0 radical (unpaired) electrons. The molecule has 0 aliphatic carbocycles. The van der Waals surface area contributed by atoms with E-state index >= 15 is 0 Å². The number of benzene rings is 3. The molecule has 4 rings (SSSR count). The molecule has 1 amide bonds. The third kappa shape index (κ3) is 4.84. The number of amides is 1. The van der Waals surface area contributed by atoms with Crippen LogP contribution in [0.1, 0.15) is 15.9 Å². The molecule has 0 unspecified atom stereocenters. The third-order valence-electron chi connectivity index (χ3n) is 5.06. The summed E-state index contributed by atoms with van der Waals surface area (Å²) in [7, 11) is 1.28. The van der Waals surface area contributed by atoms with Crippen molar-refractivity contribution >= 4 is 40.2 Å². The second kappa shape index (κ2) is 9.88. The summed E-state index contributed by atoms with van der Waals surface area (Å²) >= 11 is 1.05. The summed E-state index contributed by atoms with van der Waals surface area (Å²) in [5, 5.41) is 3.36. The largest absolute Gasteiger partial charge is 0.465 e. The van der Waals surface area contributed by atoms with Gasteiger partial charge >= 0.3 is 5.97 Å². The van der Waals surface area contributed by atoms with Crippen LogP contribution >= 0.6 is 11.8 Å². The minimum atomic E-state index is -0.514. The van der Waals surface area contributed by atoms with Crippen LogP contribution in [0.4, 0.5) is 10.1 Å². The number of hydrogen-bond donors (Lipinski definition) is 1. The Morgan fingerprint density at radius 2 is 1.88 bits per heavy atom. The Morgan fingerprint density at radius 1 is 1.09 bits per heavy atom. The van der Waals surface area contributed by atoms with Crippen LogP contribution in [0.2, 0.25) is 0 Å². The molecule has 0 atom stereocenters. The van der Waals surface area contributed by atoms with Crippen LogP contribution in [-0.2, 0) is 9.53 Å². The average Bonchev–Trinajstić information content (AvgIpc) is 2.84. The Labute approximate surface area is 198 Å². The first-order valence-corrected chi connectivity index (χ1v) is 11.3. The third-order valence-corrected chi connectivity index (χ3v) is 6.00. The van der Waals surface area contributed by atoms with Gasteiger partial charge < -0.3 is 10.1 Å². The van der Waals surface area contributed by atoms with Crippen LogP contribution in [-0.4, -0.2) is 34.3 Å². The molecule has 0 bridgehead atoms. The second-order valence-electron chi connectivity index (χ2n) is 7.39. The number of anilines is 1. The van der Waals surface area contributed by atoms with Gasteiger partial charge in [0, 0.05) is 5.69 Å². The fourth-order valence-electron chi connectivity index (χ4n) is 3.33. The standard InChI is InChI=1S/C25H20FN3O4S/c1-15-10-11-18(13-20(15)26)29-23(31)19-8-3-4-9-21(19)28-25(29)34-14-22(30)27-17-7-5-6-16(12-17)24(32)33-2/h3-13H,14H2,1-2H3,(H,27,30). The summed E-state index contributed by atoms with van der Waals surface area (Å²) in [6, 6.07) is 17.7. The molecule has 172 valence electrons. The SMILES string of the molecule is COC(=O)c1cccc(NC(=O)CSc2nc3ccccc3c(=O)n2-c2ccc(C)c(F)c2)c1. The van der Waals surface area contributed by atoms with E-state index < -0.39 is 11.8 Å². The first-order valence-electron chi connectivity index (χ1n) is 10.3. The number of aromatic nitrogens is 2. The number of thioether (sulfide) groups is 1. The van der Waals surface area contributed by atoms with E-state index in [9.17, 15) is 18.8 Å². The zero-order valence-corrected chi connectivity index (χ0v) is 19.2. The van der Waals surface area contributed by atoms with Gasteiger partial charge in [-0.2, -0.15) is 0 Å². The van der Waals surface area contributed by atoms with Gasteiger partial charge in [0.15, 0.2) is 5.16 Å². The second-order valence-corrected chi connectivity index (χ2v) is 8.34. The Morgan fingerprint density at radius 3 is 2.65 bits per heavy atom. The Kier molecular flexibility index (Phi) is 6.74. The number of nitrogens with one attached hydrogen (secondary N) is 1. The molecule has 4 aromatic rings. The van der Waals surface area contributed by atoms with E-state index in [0.29, 0.717) is 33.4 Å². The lowest BCUT2D eigenvalue weighted by molar-refractivity contribution is -0.113. The average molecular weight is 478 g/mol. The minimum Gasteiger partial charge on any atom is -0.465 e. The molecule has 3 aromatic carbocycles. The number of ether oxygens (including phenoxy) is 1. The van der Waals surface area contributed by atoms with Crippen LogP contribution < -0.4 is 10.9 Å². The molecule has 0 fully saturated rings. The summed E-state index contributed by atoms with van der Waals surface area (Å²) in [6.07, 6.45) is 0. The number of aryl methyl sites for hydroxylation is 1. The molecule has 7 nitrogen and oxygen atoms in total. The predicted molar refractivity (Wildman–Crippen MR) is 129 cm³/mol. The number of para-hydroxylation sites is 1. The van der Waals surface area contributed by atoms with Crippen LogP contribution in [0.15, 0.2) is 76.7 Å². The zero-order chi connectivity index (χ0) is 24.2. The summed E-state index contributed by atoms with van der Waals surface area (Å²) in [5.41, 5.74) is 1.62. The molecule has 0 aliphatic rings. The van der Waals surface area contributed by atoms with E-state index in [0.717, 1.165) is 11.8 Å². The Hall–Kier alpha value is -3.98. The maximum atomic E-state index is 14.3. The number of carbonyl (C=O) groups is 2. The topological polar surface area (TPSA) is 90.3 Å². The van der Waals surface area contributed by atoms with Gasteiger partial charge in [-0.05, 0) is 55.0 Å².